The molecular weight excluding hydrogens is 220 g/mol. The van der Waals surface area contributed by atoms with Crippen LogP contribution in [0.3, 0.4) is 0 Å². The molecule has 5 nitrogen and oxygen atoms in total. The molecule has 92 valence electrons. The number of nitro groups is 1. The second-order valence-electron chi connectivity index (χ2n) is 4.19. The highest BCUT2D eigenvalue weighted by Crippen LogP contribution is 2.36. The Kier molecular flexibility index (Phi) is 3.46. The normalized spacial score (nSPS) is 14.4. The molecule has 1 fully saturated rings. The van der Waals surface area contributed by atoms with Gasteiger partial charge in [-0.25, -0.2) is 0 Å². The van der Waals surface area contributed by atoms with Crippen molar-refractivity contribution in [2.75, 3.05) is 18.5 Å². The van der Waals surface area contributed by atoms with Gasteiger partial charge < -0.3 is 10.1 Å². The largest absolute Gasteiger partial charge is 0.486 e. The standard InChI is InChI=1S/C12H16N2O3/c1-2-13-10-4-3-5-11(12(10)14(15)16)17-8-9-6-7-9/h3-5,9,13H,2,6-8H2,1H3. The number of benzene rings is 1. The lowest BCUT2D eigenvalue weighted by Gasteiger charge is -2.09. The summed E-state index contributed by atoms with van der Waals surface area (Å²) in [5.41, 5.74) is 0.556. The molecule has 0 saturated heterocycles. The van der Waals surface area contributed by atoms with Crippen molar-refractivity contribution in [1.82, 2.24) is 0 Å². The molecule has 0 spiro atoms. The summed E-state index contributed by atoms with van der Waals surface area (Å²) in [5.74, 6) is 0.942. The minimum absolute atomic E-state index is 0.0370. The molecule has 0 unspecified atom stereocenters. The van der Waals surface area contributed by atoms with Crippen LogP contribution in [0.5, 0.6) is 5.75 Å². The first-order valence-electron chi connectivity index (χ1n) is 5.86. The number of hydrogen-bond acceptors (Lipinski definition) is 4. The van der Waals surface area contributed by atoms with Gasteiger partial charge in [0.1, 0.15) is 5.69 Å². The van der Waals surface area contributed by atoms with E-state index >= 15 is 0 Å². The maximum atomic E-state index is 11.1. The van der Waals surface area contributed by atoms with Crippen molar-refractivity contribution in [3.8, 4) is 5.75 Å². The zero-order chi connectivity index (χ0) is 12.3. The topological polar surface area (TPSA) is 64.4 Å². The summed E-state index contributed by atoms with van der Waals surface area (Å²) in [7, 11) is 0. The molecule has 1 aliphatic rings. The van der Waals surface area contributed by atoms with Gasteiger partial charge in [-0.3, -0.25) is 10.1 Å². The summed E-state index contributed by atoms with van der Waals surface area (Å²) in [4.78, 5) is 10.7. The van der Waals surface area contributed by atoms with Gasteiger partial charge in [-0.05, 0) is 37.8 Å². The number of anilines is 1. The van der Waals surface area contributed by atoms with Gasteiger partial charge in [-0.1, -0.05) is 6.07 Å². The molecule has 1 saturated carbocycles. The van der Waals surface area contributed by atoms with Crippen LogP contribution in [0, 0.1) is 16.0 Å². The quantitative estimate of drug-likeness (QED) is 0.609. The van der Waals surface area contributed by atoms with Crippen molar-refractivity contribution in [3.63, 3.8) is 0 Å². The number of nitrogens with zero attached hydrogens (tertiary/aromatic N) is 1. The molecule has 0 radical (unpaired) electrons. The fourth-order valence-electron chi connectivity index (χ4n) is 1.65. The summed E-state index contributed by atoms with van der Waals surface area (Å²) in [6.45, 7) is 3.13. The Balaban J connectivity index is 2.21. The van der Waals surface area contributed by atoms with E-state index in [0.717, 1.165) is 0 Å². The van der Waals surface area contributed by atoms with E-state index in [0.29, 0.717) is 30.5 Å². The first-order valence-corrected chi connectivity index (χ1v) is 5.86. The Labute approximate surface area is 99.9 Å². The van der Waals surface area contributed by atoms with Crippen molar-refractivity contribution < 1.29 is 9.66 Å². The van der Waals surface area contributed by atoms with E-state index in [1.807, 2.05) is 6.92 Å². The number of hydrogen-bond donors (Lipinski definition) is 1. The lowest BCUT2D eigenvalue weighted by Crippen LogP contribution is -2.05. The molecule has 1 aromatic rings. The lowest BCUT2D eigenvalue weighted by molar-refractivity contribution is -0.385. The SMILES string of the molecule is CCNc1cccc(OCC2CC2)c1[N+](=O)[O-]. The number of para-hydroxylation sites is 1. The van der Waals surface area contributed by atoms with E-state index in [-0.39, 0.29) is 10.6 Å². The van der Waals surface area contributed by atoms with Crippen LogP contribution in [-0.4, -0.2) is 18.1 Å². The molecule has 0 amide bonds. The average molecular weight is 236 g/mol. The molecule has 17 heavy (non-hydrogen) atoms. The number of nitro benzene ring substituents is 1. The first-order chi connectivity index (χ1) is 8.22. The van der Waals surface area contributed by atoms with Gasteiger partial charge in [0.25, 0.3) is 0 Å². The highest BCUT2D eigenvalue weighted by atomic mass is 16.6. The fraction of sp³-hybridized carbons (Fsp3) is 0.500. The maximum absolute atomic E-state index is 11.1. The Morgan fingerprint density at radius 3 is 2.88 bits per heavy atom. The third-order valence-electron chi connectivity index (χ3n) is 2.72. The molecule has 1 N–H and O–H groups in total. The van der Waals surface area contributed by atoms with Crippen LogP contribution in [0.2, 0.25) is 0 Å². The Hall–Kier alpha value is -1.78. The molecule has 1 aromatic carbocycles. The van der Waals surface area contributed by atoms with Crippen molar-refractivity contribution >= 4 is 11.4 Å². The summed E-state index contributed by atoms with van der Waals surface area (Å²) in [6.07, 6.45) is 2.33. The molecule has 0 aliphatic heterocycles. The fourth-order valence-corrected chi connectivity index (χ4v) is 1.65. The number of nitrogens with one attached hydrogen (secondary N) is 1. The molecule has 1 aliphatic carbocycles. The minimum Gasteiger partial charge on any atom is -0.486 e. The van der Waals surface area contributed by atoms with E-state index in [1.54, 1.807) is 18.2 Å². The zero-order valence-corrected chi connectivity index (χ0v) is 9.81. The van der Waals surface area contributed by atoms with E-state index < -0.39 is 0 Å². The van der Waals surface area contributed by atoms with E-state index in [1.165, 1.54) is 12.8 Å². The molecule has 0 aromatic heterocycles. The third-order valence-corrected chi connectivity index (χ3v) is 2.72. The van der Waals surface area contributed by atoms with Crippen LogP contribution in [0.1, 0.15) is 19.8 Å². The van der Waals surface area contributed by atoms with E-state index in [2.05, 4.69) is 5.32 Å². The maximum Gasteiger partial charge on any atom is 0.333 e. The monoisotopic (exact) mass is 236 g/mol. The molecule has 0 heterocycles. The van der Waals surface area contributed by atoms with Gasteiger partial charge >= 0.3 is 5.69 Å². The Bertz CT molecular complexity index is 416. The Morgan fingerprint density at radius 1 is 1.53 bits per heavy atom. The van der Waals surface area contributed by atoms with Crippen LogP contribution in [0.15, 0.2) is 18.2 Å². The van der Waals surface area contributed by atoms with E-state index in [4.69, 9.17) is 4.74 Å². The van der Waals surface area contributed by atoms with Crippen LogP contribution in [-0.2, 0) is 0 Å². The van der Waals surface area contributed by atoms with Crippen LogP contribution in [0.25, 0.3) is 0 Å². The van der Waals surface area contributed by atoms with Gasteiger partial charge in [0, 0.05) is 6.54 Å². The zero-order valence-electron chi connectivity index (χ0n) is 9.81. The minimum atomic E-state index is -0.389. The second kappa shape index (κ2) is 5.03. The highest BCUT2D eigenvalue weighted by molar-refractivity contribution is 5.68. The summed E-state index contributed by atoms with van der Waals surface area (Å²) >= 11 is 0. The third kappa shape index (κ3) is 2.87. The van der Waals surface area contributed by atoms with Gasteiger partial charge in [-0.15, -0.1) is 0 Å². The molecule has 0 atom stereocenters. The van der Waals surface area contributed by atoms with Gasteiger partial charge in [0.2, 0.25) is 0 Å². The number of rotatable bonds is 6. The predicted octanol–water partition coefficient (Wildman–Crippen LogP) is 2.82. The van der Waals surface area contributed by atoms with Gasteiger partial charge in [-0.2, -0.15) is 0 Å². The van der Waals surface area contributed by atoms with Crippen molar-refractivity contribution in [2.45, 2.75) is 19.8 Å². The molecule has 2 rings (SSSR count). The summed E-state index contributed by atoms with van der Waals surface area (Å²) in [5, 5.41) is 14.0. The van der Waals surface area contributed by atoms with Crippen molar-refractivity contribution in [2.24, 2.45) is 5.92 Å². The lowest BCUT2D eigenvalue weighted by atomic mass is 10.2. The van der Waals surface area contributed by atoms with Crippen molar-refractivity contribution in [3.05, 3.63) is 28.3 Å². The summed E-state index contributed by atoms with van der Waals surface area (Å²) < 4.78 is 5.53. The molecule has 5 heteroatoms. The number of ether oxygens (including phenoxy) is 1. The summed E-state index contributed by atoms with van der Waals surface area (Å²) in [6, 6.07) is 5.13. The van der Waals surface area contributed by atoms with Gasteiger partial charge in [0.15, 0.2) is 5.75 Å². The van der Waals surface area contributed by atoms with Crippen LogP contribution in [0.4, 0.5) is 11.4 Å². The first kappa shape index (κ1) is 11.7. The average Bonchev–Trinajstić information content (AvgIpc) is 3.10. The molecule has 0 bridgehead atoms. The second-order valence-corrected chi connectivity index (χ2v) is 4.19. The smallest absolute Gasteiger partial charge is 0.333 e. The Morgan fingerprint density at radius 2 is 2.29 bits per heavy atom. The predicted molar refractivity (Wildman–Crippen MR) is 65.5 cm³/mol. The van der Waals surface area contributed by atoms with E-state index in [9.17, 15) is 10.1 Å². The van der Waals surface area contributed by atoms with Crippen LogP contribution >= 0.6 is 0 Å². The van der Waals surface area contributed by atoms with Crippen LogP contribution < -0.4 is 10.1 Å². The molecular formula is C12H16N2O3. The van der Waals surface area contributed by atoms with Gasteiger partial charge in [0.05, 0.1) is 11.5 Å². The van der Waals surface area contributed by atoms with Crippen molar-refractivity contribution in [1.29, 1.82) is 0 Å². The highest BCUT2D eigenvalue weighted by Gasteiger charge is 2.25.